The van der Waals surface area contributed by atoms with Crippen molar-refractivity contribution in [2.24, 2.45) is 0 Å². The van der Waals surface area contributed by atoms with E-state index in [0.29, 0.717) is 11.6 Å². The quantitative estimate of drug-likeness (QED) is 0.847. The minimum atomic E-state index is -3.18. The number of nitrogens with zero attached hydrogens (tertiary/aromatic N) is 1. The third-order valence-corrected chi connectivity index (χ3v) is 7.32. The monoisotopic (exact) mass is 391 g/mol. The summed E-state index contributed by atoms with van der Waals surface area (Å²) in [6.45, 7) is 0.807. The molecule has 0 bridgehead atoms. The van der Waals surface area contributed by atoms with Gasteiger partial charge in [0.15, 0.2) is 16.4 Å². The fourth-order valence-electron chi connectivity index (χ4n) is 4.07. The van der Waals surface area contributed by atoms with Crippen LogP contribution in [0.15, 0.2) is 54.6 Å². The number of fused-ring (bicyclic) bond motifs is 1. The highest BCUT2D eigenvalue weighted by molar-refractivity contribution is 7.91. The second-order valence-corrected chi connectivity index (χ2v) is 9.51. The largest absolute Gasteiger partial charge is 0.318 e. The Balaban J connectivity index is 1.68. The minimum Gasteiger partial charge on any atom is -0.318 e. The molecule has 2 heterocycles. The zero-order valence-corrected chi connectivity index (χ0v) is 15.7. The number of sulfone groups is 1. The van der Waals surface area contributed by atoms with Crippen molar-refractivity contribution in [3.05, 3.63) is 65.2 Å². The van der Waals surface area contributed by atoms with Crippen LogP contribution in [0, 0.1) is 0 Å². The van der Waals surface area contributed by atoms with E-state index in [1.807, 2.05) is 54.6 Å². The average molecular weight is 392 g/mol. The predicted octanol–water partition coefficient (Wildman–Crippen LogP) is 0.937. The van der Waals surface area contributed by atoms with E-state index in [1.165, 1.54) is 0 Å². The molecule has 0 saturated carbocycles. The number of amides is 1. The number of halogens is 1. The van der Waals surface area contributed by atoms with Gasteiger partial charge in [0.05, 0.1) is 5.75 Å². The maximum Gasteiger partial charge on any atom is 0.282 e. The van der Waals surface area contributed by atoms with Crippen LogP contribution in [-0.2, 0) is 21.2 Å². The number of piperazine rings is 1. The zero-order valence-electron chi connectivity index (χ0n) is 14.1. The van der Waals surface area contributed by atoms with E-state index in [2.05, 4.69) is 0 Å². The Morgan fingerprint density at radius 2 is 1.73 bits per heavy atom. The van der Waals surface area contributed by atoms with Crippen molar-refractivity contribution in [1.29, 1.82) is 0 Å². The summed E-state index contributed by atoms with van der Waals surface area (Å²) in [5.74, 6) is 0.0786. The first kappa shape index (κ1) is 17.5. The maximum absolute atomic E-state index is 12.9. The van der Waals surface area contributed by atoms with Crippen molar-refractivity contribution in [3.63, 3.8) is 0 Å². The molecule has 136 valence electrons. The normalized spacial score (nSPS) is 27.3. The number of benzene rings is 2. The highest BCUT2D eigenvalue weighted by Gasteiger charge is 2.52. The minimum absolute atomic E-state index is 0.0182. The summed E-state index contributed by atoms with van der Waals surface area (Å²) in [4.78, 5) is 15.6. The van der Waals surface area contributed by atoms with E-state index in [1.54, 1.807) is 4.90 Å². The Labute approximate surface area is 158 Å². The average Bonchev–Trinajstić information content (AvgIpc) is 2.93. The van der Waals surface area contributed by atoms with Crippen molar-refractivity contribution in [3.8, 4) is 0 Å². The molecule has 2 fully saturated rings. The molecule has 0 aromatic heterocycles. The van der Waals surface area contributed by atoms with Gasteiger partial charge in [-0.2, -0.15) is 0 Å². The summed E-state index contributed by atoms with van der Waals surface area (Å²) < 4.78 is 24.7. The van der Waals surface area contributed by atoms with Crippen LogP contribution in [0.3, 0.4) is 0 Å². The number of hydrogen-bond acceptors (Lipinski definition) is 3. The lowest BCUT2D eigenvalue weighted by atomic mass is 10.0. The third-order valence-electron chi connectivity index (χ3n) is 5.24. The van der Waals surface area contributed by atoms with Gasteiger partial charge in [-0.25, -0.2) is 8.42 Å². The summed E-state index contributed by atoms with van der Waals surface area (Å²) in [6.07, 6.45) is 0. The highest BCUT2D eigenvalue weighted by atomic mass is 35.5. The first-order valence-corrected chi connectivity index (χ1v) is 10.8. The fraction of sp³-hybridized carbons (Fsp3) is 0.316. The van der Waals surface area contributed by atoms with Gasteiger partial charge in [-0.1, -0.05) is 48.0 Å². The van der Waals surface area contributed by atoms with E-state index < -0.39 is 9.84 Å². The van der Waals surface area contributed by atoms with Crippen LogP contribution in [0.25, 0.3) is 0 Å². The molecule has 2 saturated heterocycles. The molecule has 4 rings (SSSR count). The predicted molar refractivity (Wildman–Crippen MR) is 101 cm³/mol. The summed E-state index contributed by atoms with van der Waals surface area (Å²) in [6, 6.07) is 16.4. The molecule has 7 heteroatoms. The summed E-state index contributed by atoms with van der Waals surface area (Å²) in [7, 11) is -3.18. The zero-order chi connectivity index (χ0) is 18.3. The Kier molecular flexibility index (Phi) is 4.50. The summed E-state index contributed by atoms with van der Waals surface area (Å²) in [5, 5.41) is 0.648. The molecule has 5 nitrogen and oxygen atoms in total. The molecule has 1 N–H and O–H groups in total. The number of carbonyl (C=O) groups is 1. The Morgan fingerprint density at radius 1 is 1.04 bits per heavy atom. The van der Waals surface area contributed by atoms with Crippen molar-refractivity contribution in [2.75, 3.05) is 23.0 Å². The number of quaternary nitrogens is 1. The molecule has 2 aromatic rings. The lowest BCUT2D eigenvalue weighted by Crippen LogP contribution is -3.19. The van der Waals surface area contributed by atoms with E-state index in [4.69, 9.17) is 11.6 Å². The van der Waals surface area contributed by atoms with Crippen LogP contribution in [0.5, 0.6) is 0 Å². The number of rotatable bonds is 3. The summed E-state index contributed by atoms with van der Waals surface area (Å²) >= 11 is 6.28. The molecular weight excluding hydrogens is 372 g/mol. The van der Waals surface area contributed by atoms with E-state index in [0.717, 1.165) is 16.2 Å². The first-order valence-electron chi connectivity index (χ1n) is 8.60. The Morgan fingerprint density at radius 3 is 2.46 bits per heavy atom. The fourth-order valence-corrected chi connectivity index (χ4v) is 6.32. The van der Waals surface area contributed by atoms with Gasteiger partial charge in [0.2, 0.25) is 0 Å². The van der Waals surface area contributed by atoms with Gasteiger partial charge in [0.1, 0.15) is 24.4 Å². The lowest BCUT2D eigenvalue weighted by Gasteiger charge is -2.40. The molecule has 3 atom stereocenters. The van der Waals surface area contributed by atoms with Gasteiger partial charge in [0.25, 0.3) is 5.91 Å². The van der Waals surface area contributed by atoms with Gasteiger partial charge in [0, 0.05) is 16.3 Å². The number of anilines is 1. The summed E-state index contributed by atoms with van der Waals surface area (Å²) in [5.41, 5.74) is 1.70. The molecule has 0 radical (unpaired) electrons. The highest BCUT2D eigenvalue weighted by Crippen LogP contribution is 2.26. The topological polar surface area (TPSA) is 58.9 Å². The molecule has 2 aliphatic rings. The third kappa shape index (κ3) is 3.24. The van der Waals surface area contributed by atoms with Gasteiger partial charge in [-0.15, -0.1) is 0 Å². The number of hydrogen-bond donors (Lipinski definition) is 1. The van der Waals surface area contributed by atoms with E-state index >= 15 is 0 Å². The molecule has 2 aromatic carbocycles. The van der Waals surface area contributed by atoms with Gasteiger partial charge in [-0.3, -0.25) is 9.69 Å². The van der Waals surface area contributed by atoms with Crippen LogP contribution in [0.4, 0.5) is 5.69 Å². The Hall–Kier alpha value is -1.89. The number of carbonyl (C=O) groups excluding carboxylic acids is 1. The smallest absolute Gasteiger partial charge is 0.282 e. The number of nitrogens with one attached hydrogen (secondary N) is 1. The van der Waals surface area contributed by atoms with E-state index in [9.17, 15) is 13.2 Å². The molecule has 0 aliphatic carbocycles. The van der Waals surface area contributed by atoms with Crippen molar-refractivity contribution in [2.45, 2.75) is 18.6 Å². The standard InChI is InChI=1S/C19H19ClN2O3S/c20-16-9-5-4-6-14(16)10-21-11-19(23)22(15-7-2-1-3-8-15)18-13-26(24,25)12-17(18)21/h1-9,17-18H,10-13H2/p+1/t17-,18-/m1/s1. The molecular formula is C19H20ClN2O3S+. The van der Waals surface area contributed by atoms with E-state index in [-0.39, 0.29) is 36.0 Å². The second kappa shape index (κ2) is 6.68. The van der Waals surface area contributed by atoms with Crippen LogP contribution in [0.2, 0.25) is 5.02 Å². The molecule has 1 amide bonds. The molecule has 26 heavy (non-hydrogen) atoms. The Bertz CT molecular complexity index is 933. The van der Waals surface area contributed by atoms with Crippen LogP contribution in [-0.4, -0.2) is 44.5 Å². The molecule has 1 unspecified atom stereocenters. The lowest BCUT2D eigenvalue weighted by molar-refractivity contribution is -0.931. The first-order chi connectivity index (χ1) is 12.4. The maximum atomic E-state index is 12.9. The van der Waals surface area contributed by atoms with Gasteiger partial charge in [-0.05, 0) is 18.2 Å². The second-order valence-electron chi connectivity index (χ2n) is 6.95. The van der Waals surface area contributed by atoms with Crippen LogP contribution in [0.1, 0.15) is 5.56 Å². The van der Waals surface area contributed by atoms with Crippen LogP contribution >= 0.6 is 11.6 Å². The van der Waals surface area contributed by atoms with Gasteiger partial charge >= 0.3 is 0 Å². The molecule has 0 spiro atoms. The van der Waals surface area contributed by atoms with Gasteiger partial charge < -0.3 is 4.90 Å². The van der Waals surface area contributed by atoms with Crippen molar-refractivity contribution in [1.82, 2.24) is 0 Å². The number of para-hydroxylation sites is 1. The van der Waals surface area contributed by atoms with Crippen LogP contribution < -0.4 is 9.80 Å². The van der Waals surface area contributed by atoms with Crippen molar-refractivity contribution < 1.29 is 18.1 Å². The molecule has 2 aliphatic heterocycles. The SMILES string of the molecule is O=C1C[NH+](Cc2ccccc2Cl)[C@@H]2CS(=O)(=O)C[C@H]2N1c1ccccc1. The van der Waals surface area contributed by atoms with Crippen molar-refractivity contribution >= 4 is 33.0 Å².